The molecule has 0 aliphatic carbocycles. The predicted octanol–water partition coefficient (Wildman–Crippen LogP) is 6.82. The number of hydrogen-bond donors (Lipinski definition) is 3. The maximum atomic E-state index is 13.4. The molecular weight excluding hydrogens is 599 g/mol. The molecule has 0 bridgehead atoms. The molecule has 3 N–H and O–H groups in total. The SMILES string of the molecule is CCOC(=O)Cc1csc(NC(=O)C(Sc2ccc(NC(=O)c3cccc4cccc(C(=O)O)c34)cc2)c2ccccc2)n1. The van der Waals surface area contributed by atoms with Crippen molar-refractivity contribution in [1.82, 2.24) is 4.98 Å². The number of benzene rings is 4. The molecule has 2 amide bonds. The van der Waals surface area contributed by atoms with E-state index in [9.17, 15) is 24.3 Å². The fraction of sp³-hybridized carbons (Fsp3) is 0.121. The van der Waals surface area contributed by atoms with Gasteiger partial charge in [0.15, 0.2) is 5.13 Å². The van der Waals surface area contributed by atoms with Gasteiger partial charge in [0.05, 0.1) is 24.3 Å². The minimum atomic E-state index is -1.11. The van der Waals surface area contributed by atoms with Crippen LogP contribution in [0.1, 0.15) is 44.1 Å². The summed E-state index contributed by atoms with van der Waals surface area (Å²) < 4.78 is 4.97. The fourth-order valence-electron chi connectivity index (χ4n) is 4.54. The molecule has 5 rings (SSSR count). The third-order valence-corrected chi connectivity index (χ3v) is 8.57. The van der Waals surface area contributed by atoms with E-state index in [0.717, 1.165) is 10.5 Å². The monoisotopic (exact) mass is 625 g/mol. The van der Waals surface area contributed by atoms with Gasteiger partial charge in [-0.05, 0) is 54.3 Å². The summed E-state index contributed by atoms with van der Waals surface area (Å²) in [6.07, 6.45) is 0.0289. The molecule has 0 saturated carbocycles. The van der Waals surface area contributed by atoms with Gasteiger partial charge in [0, 0.05) is 26.9 Å². The standard InChI is InChI=1S/C33H27N3O6S2/c1-2-42-27(37)18-23-19-43-33(35-23)36-31(39)29(21-8-4-3-5-9-21)44-24-16-14-22(15-17-24)34-30(38)25-12-6-10-20-11-7-13-26(28(20)25)32(40)41/h3-17,19,29H,2,18H2,1H3,(H,34,38)(H,40,41)(H,35,36,39). The van der Waals surface area contributed by atoms with Crippen molar-refractivity contribution in [2.24, 2.45) is 0 Å². The Morgan fingerprint density at radius 2 is 1.59 bits per heavy atom. The summed E-state index contributed by atoms with van der Waals surface area (Å²) in [5.41, 5.74) is 2.14. The molecular formula is C33H27N3O6S2. The Labute approximate surface area is 261 Å². The summed E-state index contributed by atoms with van der Waals surface area (Å²) in [5.74, 6) is -2.20. The van der Waals surface area contributed by atoms with Gasteiger partial charge in [0.1, 0.15) is 5.25 Å². The van der Waals surface area contributed by atoms with Crippen molar-refractivity contribution in [3.8, 4) is 0 Å². The Morgan fingerprint density at radius 3 is 2.27 bits per heavy atom. The van der Waals surface area contributed by atoms with Crippen molar-refractivity contribution in [3.63, 3.8) is 0 Å². The lowest BCUT2D eigenvalue weighted by Gasteiger charge is -2.16. The van der Waals surface area contributed by atoms with Crippen LogP contribution in [0.15, 0.2) is 101 Å². The van der Waals surface area contributed by atoms with Crippen LogP contribution in [-0.2, 0) is 20.7 Å². The van der Waals surface area contributed by atoms with Crippen molar-refractivity contribution in [1.29, 1.82) is 0 Å². The smallest absolute Gasteiger partial charge is 0.336 e. The molecule has 4 aromatic carbocycles. The van der Waals surface area contributed by atoms with Crippen LogP contribution >= 0.6 is 23.1 Å². The molecule has 0 spiro atoms. The zero-order valence-corrected chi connectivity index (χ0v) is 25.1. The summed E-state index contributed by atoms with van der Waals surface area (Å²) in [5, 5.41) is 17.9. The lowest BCUT2D eigenvalue weighted by Crippen LogP contribution is -2.19. The minimum absolute atomic E-state index is 0.0289. The second-order valence-electron chi connectivity index (χ2n) is 9.52. The van der Waals surface area contributed by atoms with Gasteiger partial charge in [-0.1, -0.05) is 54.6 Å². The Balaban J connectivity index is 1.30. The fourth-order valence-corrected chi connectivity index (χ4v) is 6.27. The number of nitrogens with one attached hydrogen (secondary N) is 2. The molecule has 0 saturated heterocycles. The highest BCUT2D eigenvalue weighted by atomic mass is 32.2. The number of carboxylic acid groups (broad SMARTS) is 1. The molecule has 0 radical (unpaired) electrons. The number of rotatable bonds is 11. The van der Waals surface area contributed by atoms with Crippen molar-refractivity contribution < 1.29 is 29.0 Å². The Morgan fingerprint density at radius 1 is 0.886 bits per heavy atom. The van der Waals surface area contributed by atoms with Gasteiger partial charge in [-0.2, -0.15) is 0 Å². The van der Waals surface area contributed by atoms with E-state index in [4.69, 9.17) is 4.74 Å². The number of ether oxygens (including phenoxy) is 1. The summed E-state index contributed by atoms with van der Waals surface area (Å²) in [7, 11) is 0. The molecule has 1 aromatic heterocycles. The van der Waals surface area contributed by atoms with Gasteiger partial charge in [-0.25, -0.2) is 9.78 Å². The van der Waals surface area contributed by atoms with Crippen LogP contribution in [0.3, 0.4) is 0 Å². The normalized spacial score (nSPS) is 11.5. The van der Waals surface area contributed by atoms with E-state index in [2.05, 4.69) is 15.6 Å². The average Bonchev–Trinajstić information content (AvgIpc) is 3.46. The zero-order valence-electron chi connectivity index (χ0n) is 23.5. The highest BCUT2D eigenvalue weighted by Crippen LogP contribution is 2.37. The molecule has 222 valence electrons. The van der Waals surface area contributed by atoms with E-state index >= 15 is 0 Å². The van der Waals surface area contributed by atoms with Crippen molar-refractivity contribution in [2.75, 3.05) is 17.2 Å². The number of esters is 1. The number of thioether (sulfide) groups is 1. The van der Waals surface area contributed by atoms with E-state index in [-0.39, 0.29) is 36.0 Å². The molecule has 1 atom stereocenters. The van der Waals surface area contributed by atoms with Gasteiger partial charge in [-0.15, -0.1) is 23.1 Å². The first kappa shape index (κ1) is 30.5. The quantitative estimate of drug-likeness (QED) is 0.107. The number of aromatic carboxylic acids is 1. The zero-order chi connectivity index (χ0) is 31.1. The molecule has 9 nitrogen and oxygen atoms in total. The number of fused-ring (bicyclic) bond motifs is 1. The van der Waals surface area contributed by atoms with Gasteiger partial charge < -0.3 is 20.5 Å². The average molecular weight is 626 g/mol. The van der Waals surface area contributed by atoms with Gasteiger partial charge in [0.2, 0.25) is 5.91 Å². The van der Waals surface area contributed by atoms with Crippen molar-refractivity contribution in [3.05, 3.63) is 119 Å². The molecule has 1 unspecified atom stereocenters. The first-order valence-corrected chi connectivity index (χ1v) is 15.4. The highest BCUT2D eigenvalue weighted by molar-refractivity contribution is 8.00. The number of carbonyl (C=O) groups is 4. The van der Waals surface area contributed by atoms with E-state index in [1.807, 2.05) is 30.3 Å². The van der Waals surface area contributed by atoms with Crippen molar-refractivity contribution in [2.45, 2.75) is 23.5 Å². The lowest BCUT2D eigenvalue weighted by molar-refractivity contribution is -0.142. The number of amides is 2. The molecule has 11 heteroatoms. The Bertz CT molecular complexity index is 1820. The Hall–Kier alpha value is -5.00. The third-order valence-electron chi connectivity index (χ3n) is 6.50. The number of thiazole rings is 1. The van der Waals surface area contributed by atoms with Crippen LogP contribution < -0.4 is 10.6 Å². The topological polar surface area (TPSA) is 135 Å². The number of carbonyl (C=O) groups excluding carboxylic acids is 3. The maximum absolute atomic E-state index is 13.4. The molecule has 0 aliphatic rings. The van der Waals surface area contributed by atoms with Crippen LogP contribution in [0.25, 0.3) is 10.8 Å². The molecule has 5 aromatic rings. The number of nitrogens with zero attached hydrogens (tertiary/aromatic N) is 1. The molecule has 1 heterocycles. The van der Waals surface area contributed by atoms with Crippen LogP contribution in [-0.4, -0.2) is 40.5 Å². The lowest BCUT2D eigenvalue weighted by atomic mass is 9.98. The molecule has 44 heavy (non-hydrogen) atoms. The summed E-state index contributed by atoms with van der Waals surface area (Å²) in [6.45, 7) is 2.02. The second-order valence-corrected chi connectivity index (χ2v) is 11.6. The predicted molar refractivity (Wildman–Crippen MR) is 171 cm³/mol. The number of carboxylic acids is 1. The molecule has 0 fully saturated rings. The van der Waals surface area contributed by atoms with Crippen LogP contribution in [0, 0.1) is 0 Å². The maximum Gasteiger partial charge on any atom is 0.336 e. The van der Waals surface area contributed by atoms with Gasteiger partial charge >= 0.3 is 11.9 Å². The van der Waals surface area contributed by atoms with E-state index in [0.29, 0.717) is 27.3 Å². The number of hydrogen-bond acceptors (Lipinski definition) is 8. The number of aromatic nitrogens is 1. The van der Waals surface area contributed by atoms with E-state index in [1.165, 1.54) is 29.2 Å². The molecule has 0 aliphatic heterocycles. The minimum Gasteiger partial charge on any atom is -0.478 e. The first-order valence-electron chi connectivity index (χ1n) is 13.6. The van der Waals surface area contributed by atoms with Crippen LogP contribution in [0.4, 0.5) is 10.8 Å². The number of anilines is 2. The summed E-state index contributed by atoms with van der Waals surface area (Å²) in [4.78, 5) is 55.4. The van der Waals surface area contributed by atoms with E-state index in [1.54, 1.807) is 66.9 Å². The summed E-state index contributed by atoms with van der Waals surface area (Å²) in [6, 6.07) is 26.4. The third kappa shape index (κ3) is 7.31. The summed E-state index contributed by atoms with van der Waals surface area (Å²) >= 11 is 2.57. The van der Waals surface area contributed by atoms with E-state index < -0.39 is 17.1 Å². The Kier molecular flexibility index (Phi) is 9.68. The van der Waals surface area contributed by atoms with Crippen molar-refractivity contribution >= 4 is 68.4 Å². The van der Waals surface area contributed by atoms with Gasteiger partial charge in [-0.3, -0.25) is 14.4 Å². The second kappa shape index (κ2) is 14.0. The first-order chi connectivity index (χ1) is 21.3. The van der Waals surface area contributed by atoms with Gasteiger partial charge in [0.25, 0.3) is 5.91 Å². The highest BCUT2D eigenvalue weighted by Gasteiger charge is 2.24. The van der Waals surface area contributed by atoms with Crippen LogP contribution in [0.2, 0.25) is 0 Å². The largest absolute Gasteiger partial charge is 0.478 e. The van der Waals surface area contributed by atoms with Crippen LogP contribution in [0.5, 0.6) is 0 Å².